The number of nitrogen functional groups attached to an aromatic ring is 1. The Labute approximate surface area is 78.9 Å². The van der Waals surface area contributed by atoms with E-state index in [2.05, 4.69) is 16.7 Å². The highest BCUT2D eigenvalue weighted by Crippen LogP contribution is 2.29. The van der Waals surface area contributed by atoms with Gasteiger partial charge >= 0.3 is 0 Å². The Morgan fingerprint density at radius 1 is 1.38 bits per heavy atom. The molecule has 0 unspecified atom stereocenters. The second kappa shape index (κ2) is 3.40. The first-order valence-electron chi connectivity index (χ1n) is 5.08. The summed E-state index contributed by atoms with van der Waals surface area (Å²) in [5.41, 5.74) is 7.72. The highest BCUT2D eigenvalue weighted by atomic mass is 15.3. The summed E-state index contributed by atoms with van der Waals surface area (Å²) < 4.78 is 2.11. The van der Waals surface area contributed by atoms with Crippen molar-refractivity contribution in [2.75, 3.05) is 5.73 Å². The van der Waals surface area contributed by atoms with E-state index in [4.69, 9.17) is 5.73 Å². The van der Waals surface area contributed by atoms with Crippen LogP contribution in [-0.2, 0) is 0 Å². The molecule has 1 aromatic heterocycles. The summed E-state index contributed by atoms with van der Waals surface area (Å²) in [6.07, 6.45) is 8.36. The van der Waals surface area contributed by atoms with Gasteiger partial charge in [0.15, 0.2) is 0 Å². The van der Waals surface area contributed by atoms with Crippen molar-refractivity contribution in [1.29, 1.82) is 0 Å². The summed E-state index contributed by atoms with van der Waals surface area (Å²) in [6, 6.07) is 0.603. The molecule has 3 nitrogen and oxygen atoms in total. The molecule has 3 heteroatoms. The van der Waals surface area contributed by atoms with Crippen molar-refractivity contribution < 1.29 is 0 Å². The molecule has 0 aliphatic heterocycles. The van der Waals surface area contributed by atoms with E-state index in [0.29, 0.717) is 6.04 Å². The Kier molecular flexibility index (Phi) is 2.25. The molecule has 1 fully saturated rings. The van der Waals surface area contributed by atoms with Gasteiger partial charge < -0.3 is 5.73 Å². The topological polar surface area (TPSA) is 43.8 Å². The molecule has 0 spiro atoms. The van der Waals surface area contributed by atoms with Crippen molar-refractivity contribution in [3.8, 4) is 0 Å². The van der Waals surface area contributed by atoms with Crippen LogP contribution in [0.1, 0.15) is 43.8 Å². The minimum Gasteiger partial charge on any atom is -0.396 e. The molecule has 1 aromatic rings. The average molecular weight is 179 g/mol. The van der Waals surface area contributed by atoms with E-state index in [1.807, 2.05) is 0 Å². The standard InChI is InChI=1S/C10H17N3/c1-8-10(11)7-12-13(8)9-5-3-2-4-6-9/h7,9H,2-6,11H2,1H3. The quantitative estimate of drug-likeness (QED) is 0.718. The van der Waals surface area contributed by atoms with Crippen molar-refractivity contribution >= 4 is 5.69 Å². The molecule has 0 saturated heterocycles. The number of nitrogens with zero attached hydrogens (tertiary/aromatic N) is 2. The van der Waals surface area contributed by atoms with Crippen LogP contribution in [0.2, 0.25) is 0 Å². The molecule has 72 valence electrons. The molecular weight excluding hydrogens is 162 g/mol. The predicted octanol–water partition coefficient (Wildman–Crippen LogP) is 2.28. The number of nitrogens with two attached hydrogens (primary N) is 1. The van der Waals surface area contributed by atoms with Crippen LogP contribution < -0.4 is 5.73 Å². The average Bonchev–Trinajstić information content (AvgIpc) is 2.49. The van der Waals surface area contributed by atoms with Gasteiger partial charge in [0.2, 0.25) is 0 Å². The monoisotopic (exact) mass is 179 g/mol. The lowest BCUT2D eigenvalue weighted by Crippen LogP contribution is -2.15. The first-order valence-corrected chi connectivity index (χ1v) is 5.08. The van der Waals surface area contributed by atoms with Gasteiger partial charge in [-0.05, 0) is 19.8 Å². The van der Waals surface area contributed by atoms with E-state index in [0.717, 1.165) is 11.4 Å². The lowest BCUT2D eigenvalue weighted by Gasteiger charge is -2.23. The molecule has 0 bridgehead atoms. The van der Waals surface area contributed by atoms with Crippen molar-refractivity contribution in [2.45, 2.75) is 45.1 Å². The number of hydrogen-bond donors (Lipinski definition) is 1. The zero-order valence-corrected chi connectivity index (χ0v) is 8.16. The zero-order valence-electron chi connectivity index (χ0n) is 8.16. The van der Waals surface area contributed by atoms with E-state index >= 15 is 0 Å². The minimum atomic E-state index is 0.603. The fraction of sp³-hybridized carbons (Fsp3) is 0.700. The third kappa shape index (κ3) is 1.55. The third-order valence-electron chi connectivity index (χ3n) is 3.00. The van der Waals surface area contributed by atoms with E-state index in [1.54, 1.807) is 6.20 Å². The van der Waals surface area contributed by atoms with Gasteiger partial charge in [-0.3, -0.25) is 4.68 Å². The van der Waals surface area contributed by atoms with Gasteiger partial charge in [0.25, 0.3) is 0 Å². The number of rotatable bonds is 1. The van der Waals surface area contributed by atoms with Crippen LogP contribution in [0.3, 0.4) is 0 Å². The molecular formula is C10H17N3. The maximum absolute atomic E-state index is 5.76. The first kappa shape index (κ1) is 8.60. The molecule has 0 atom stereocenters. The van der Waals surface area contributed by atoms with Gasteiger partial charge in [0, 0.05) is 0 Å². The second-order valence-electron chi connectivity index (χ2n) is 3.92. The van der Waals surface area contributed by atoms with E-state index in [-0.39, 0.29) is 0 Å². The smallest absolute Gasteiger partial charge is 0.0730 e. The van der Waals surface area contributed by atoms with Crippen LogP contribution in [0.4, 0.5) is 5.69 Å². The van der Waals surface area contributed by atoms with E-state index in [1.165, 1.54) is 32.1 Å². The Morgan fingerprint density at radius 2 is 2.08 bits per heavy atom. The summed E-state index contributed by atoms with van der Waals surface area (Å²) in [6.45, 7) is 2.05. The van der Waals surface area contributed by atoms with Crippen LogP contribution in [0.25, 0.3) is 0 Å². The van der Waals surface area contributed by atoms with Crippen molar-refractivity contribution in [1.82, 2.24) is 9.78 Å². The fourth-order valence-corrected chi connectivity index (χ4v) is 2.13. The Morgan fingerprint density at radius 3 is 2.62 bits per heavy atom. The van der Waals surface area contributed by atoms with Crippen LogP contribution in [0, 0.1) is 6.92 Å². The van der Waals surface area contributed by atoms with Crippen LogP contribution >= 0.6 is 0 Å². The highest BCUT2D eigenvalue weighted by molar-refractivity contribution is 5.39. The molecule has 1 aliphatic carbocycles. The molecule has 0 amide bonds. The lowest BCUT2D eigenvalue weighted by molar-refractivity contribution is 0.325. The molecule has 13 heavy (non-hydrogen) atoms. The maximum Gasteiger partial charge on any atom is 0.0730 e. The number of anilines is 1. The number of aromatic nitrogens is 2. The largest absolute Gasteiger partial charge is 0.396 e. The third-order valence-corrected chi connectivity index (χ3v) is 3.00. The Hall–Kier alpha value is -0.990. The molecule has 2 N–H and O–H groups in total. The molecule has 1 saturated carbocycles. The summed E-state index contributed by atoms with van der Waals surface area (Å²) in [4.78, 5) is 0. The van der Waals surface area contributed by atoms with Crippen molar-refractivity contribution in [2.24, 2.45) is 0 Å². The van der Waals surface area contributed by atoms with Gasteiger partial charge in [-0.15, -0.1) is 0 Å². The summed E-state index contributed by atoms with van der Waals surface area (Å²) in [5.74, 6) is 0. The fourth-order valence-electron chi connectivity index (χ4n) is 2.13. The van der Waals surface area contributed by atoms with Crippen LogP contribution in [-0.4, -0.2) is 9.78 Å². The van der Waals surface area contributed by atoms with Crippen molar-refractivity contribution in [3.63, 3.8) is 0 Å². The maximum atomic E-state index is 5.76. The van der Waals surface area contributed by atoms with Gasteiger partial charge in [0.05, 0.1) is 23.6 Å². The highest BCUT2D eigenvalue weighted by Gasteiger charge is 2.17. The van der Waals surface area contributed by atoms with Gasteiger partial charge in [-0.25, -0.2) is 0 Å². The number of hydrogen-bond acceptors (Lipinski definition) is 2. The molecule has 0 aromatic carbocycles. The summed E-state index contributed by atoms with van der Waals surface area (Å²) >= 11 is 0. The van der Waals surface area contributed by atoms with Crippen LogP contribution in [0.15, 0.2) is 6.20 Å². The Bertz CT molecular complexity index is 284. The van der Waals surface area contributed by atoms with Crippen LogP contribution in [0.5, 0.6) is 0 Å². The second-order valence-corrected chi connectivity index (χ2v) is 3.92. The summed E-state index contributed by atoms with van der Waals surface area (Å²) in [5, 5.41) is 4.33. The molecule has 2 rings (SSSR count). The van der Waals surface area contributed by atoms with Gasteiger partial charge in [-0.1, -0.05) is 19.3 Å². The van der Waals surface area contributed by atoms with E-state index in [9.17, 15) is 0 Å². The van der Waals surface area contributed by atoms with Crippen molar-refractivity contribution in [3.05, 3.63) is 11.9 Å². The lowest BCUT2D eigenvalue weighted by atomic mass is 9.95. The van der Waals surface area contributed by atoms with Gasteiger partial charge in [0.1, 0.15) is 0 Å². The molecule has 1 aliphatic rings. The predicted molar refractivity (Wildman–Crippen MR) is 53.5 cm³/mol. The molecule has 0 radical (unpaired) electrons. The minimum absolute atomic E-state index is 0.603. The molecule has 1 heterocycles. The summed E-state index contributed by atoms with van der Waals surface area (Å²) in [7, 11) is 0. The SMILES string of the molecule is Cc1c(N)cnn1C1CCCCC1. The zero-order chi connectivity index (χ0) is 9.26. The van der Waals surface area contributed by atoms with E-state index < -0.39 is 0 Å². The first-order chi connectivity index (χ1) is 6.29. The van der Waals surface area contributed by atoms with Gasteiger partial charge in [-0.2, -0.15) is 5.10 Å². The Balaban J connectivity index is 2.18. The normalized spacial score (nSPS) is 19.2.